The van der Waals surface area contributed by atoms with E-state index in [0.717, 1.165) is 19.3 Å². The summed E-state index contributed by atoms with van der Waals surface area (Å²) in [5.41, 5.74) is 19.7. The Morgan fingerprint density at radius 2 is 0.593 bits per heavy atom. The largest absolute Gasteiger partial charge is 0.0622 e. The lowest BCUT2D eigenvalue weighted by Gasteiger charge is -2.22. The van der Waals surface area contributed by atoms with Gasteiger partial charge < -0.3 is 0 Å². The van der Waals surface area contributed by atoms with Gasteiger partial charge in [0.15, 0.2) is 0 Å². The van der Waals surface area contributed by atoms with Gasteiger partial charge in [0.2, 0.25) is 0 Å². The highest BCUT2D eigenvalue weighted by Crippen LogP contribution is 2.50. The Labute approximate surface area is 349 Å². The summed E-state index contributed by atoms with van der Waals surface area (Å²) in [4.78, 5) is 0. The van der Waals surface area contributed by atoms with Crippen LogP contribution in [0.1, 0.15) is 83.3 Å². The number of benzene rings is 9. The van der Waals surface area contributed by atoms with Crippen molar-refractivity contribution < 1.29 is 0 Å². The second-order valence-corrected chi connectivity index (χ2v) is 17.8. The minimum absolute atomic E-state index is 0.0107. The molecule has 11 rings (SSSR count). The third-order valence-corrected chi connectivity index (χ3v) is 13.1. The predicted molar refractivity (Wildman–Crippen MR) is 251 cm³/mol. The lowest BCUT2D eigenvalue weighted by Crippen LogP contribution is -2.15. The Kier molecular flexibility index (Phi) is 9.18. The van der Waals surface area contributed by atoms with E-state index in [9.17, 15) is 0 Å². The summed E-state index contributed by atoms with van der Waals surface area (Å²) in [6, 6.07) is 71.7. The van der Waals surface area contributed by atoms with Gasteiger partial charge in [-0.2, -0.15) is 0 Å². The second kappa shape index (κ2) is 14.7. The number of hydrogen-bond acceptors (Lipinski definition) is 0. The maximum Gasteiger partial charge on any atom is 0.0159 e. The van der Waals surface area contributed by atoms with E-state index in [2.05, 4.69) is 222 Å². The molecule has 0 aliphatic heterocycles. The summed E-state index contributed by atoms with van der Waals surface area (Å²) in [5, 5.41) is 5.24. The van der Waals surface area contributed by atoms with E-state index in [4.69, 9.17) is 0 Å². The van der Waals surface area contributed by atoms with Crippen molar-refractivity contribution in [1.82, 2.24) is 0 Å². The van der Waals surface area contributed by atoms with Crippen molar-refractivity contribution in [3.63, 3.8) is 0 Å². The van der Waals surface area contributed by atoms with Crippen LogP contribution in [0.5, 0.6) is 0 Å². The SMILES string of the molecule is CC1(C)c2cc(Cc3ccccc3)ccc2-c2ccc(Cc3ccc4ccccc4c3)cc21.CC1(C)c2ccccc2-c2ccc(Cc3ccc4ccccc4c3)cc21. The molecule has 0 N–H and O–H groups in total. The van der Waals surface area contributed by atoms with E-state index >= 15 is 0 Å². The molecule has 9 aromatic carbocycles. The van der Waals surface area contributed by atoms with Gasteiger partial charge in [0.1, 0.15) is 0 Å². The van der Waals surface area contributed by atoms with Gasteiger partial charge in [0.25, 0.3) is 0 Å². The summed E-state index contributed by atoms with van der Waals surface area (Å²) in [5.74, 6) is 0. The van der Waals surface area contributed by atoms with Crippen molar-refractivity contribution in [3.8, 4) is 22.3 Å². The molecule has 9 aromatic rings. The molecule has 0 atom stereocenters. The summed E-state index contributed by atoms with van der Waals surface area (Å²) < 4.78 is 0. The zero-order chi connectivity index (χ0) is 40.1. The van der Waals surface area contributed by atoms with Gasteiger partial charge in [0.05, 0.1) is 0 Å². The third-order valence-electron chi connectivity index (χ3n) is 13.1. The first-order chi connectivity index (χ1) is 28.7. The van der Waals surface area contributed by atoms with Crippen LogP contribution in [0.4, 0.5) is 0 Å². The Hall–Kier alpha value is -6.50. The zero-order valence-electron chi connectivity index (χ0n) is 34.6. The molecule has 2 aliphatic rings. The summed E-state index contributed by atoms with van der Waals surface area (Å²) in [6.45, 7) is 9.45. The van der Waals surface area contributed by atoms with Gasteiger partial charge in [0, 0.05) is 10.8 Å². The van der Waals surface area contributed by atoms with Gasteiger partial charge >= 0.3 is 0 Å². The first kappa shape index (κ1) is 36.8. The molecule has 2 aliphatic carbocycles. The van der Waals surface area contributed by atoms with Gasteiger partial charge in [-0.05, 0) is 119 Å². The first-order valence-corrected chi connectivity index (χ1v) is 21.2. The minimum atomic E-state index is 0.0107. The third kappa shape index (κ3) is 6.87. The summed E-state index contributed by atoms with van der Waals surface area (Å²) in [6.07, 6.45) is 2.92. The molecule has 0 nitrogen and oxygen atoms in total. The Morgan fingerprint density at radius 3 is 1.08 bits per heavy atom. The van der Waals surface area contributed by atoms with Crippen LogP contribution in [0.3, 0.4) is 0 Å². The molecule has 59 heavy (non-hydrogen) atoms. The van der Waals surface area contributed by atoms with Crippen LogP contribution < -0.4 is 0 Å². The van der Waals surface area contributed by atoms with Crippen LogP contribution >= 0.6 is 0 Å². The van der Waals surface area contributed by atoms with Crippen molar-refractivity contribution in [2.24, 2.45) is 0 Å². The van der Waals surface area contributed by atoms with Crippen LogP contribution in [-0.2, 0) is 30.1 Å². The van der Waals surface area contributed by atoms with Crippen molar-refractivity contribution >= 4 is 21.5 Å². The molecule has 0 saturated heterocycles. The molecule has 0 aromatic heterocycles. The predicted octanol–water partition coefficient (Wildman–Crippen LogP) is 15.1. The highest BCUT2D eigenvalue weighted by atomic mass is 14.4. The fraction of sp³-hybridized carbons (Fsp3) is 0.153. The van der Waals surface area contributed by atoms with Crippen molar-refractivity contribution in [3.05, 3.63) is 250 Å². The fourth-order valence-electron chi connectivity index (χ4n) is 9.91. The lowest BCUT2D eigenvalue weighted by molar-refractivity contribution is 0.658. The van der Waals surface area contributed by atoms with Crippen LogP contribution in [0.2, 0.25) is 0 Å². The number of rotatable bonds is 6. The Balaban J connectivity index is 0.000000147. The number of hydrogen-bond donors (Lipinski definition) is 0. The van der Waals surface area contributed by atoms with E-state index in [0.29, 0.717) is 0 Å². The van der Waals surface area contributed by atoms with E-state index < -0.39 is 0 Å². The van der Waals surface area contributed by atoms with Crippen LogP contribution in [0.15, 0.2) is 194 Å². The fourth-order valence-corrected chi connectivity index (χ4v) is 9.91. The van der Waals surface area contributed by atoms with Crippen LogP contribution in [0, 0.1) is 0 Å². The van der Waals surface area contributed by atoms with Gasteiger partial charge in [-0.25, -0.2) is 0 Å². The molecule has 0 heterocycles. The summed E-state index contributed by atoms with van der Waals surface area (Å²) in [7, 11) is 0. The quantitative estimate of drug-likeness (QED) is 0.158. The standard InChI is InChI=1S/C33H28.C26H22/c1-33(2)31-21-25(18-23-8-4-3-5-9-23)13-16-29(31)30-17-14-26(22-32(30)33)19-24-12-15-27-10-6-7-11-28(27)20-24;1-26(2)24-10-6-5-9-22(24)23-14-12-19(17-25(23)26)15-18-11-13-20-7-3-4-8-21(20)16-18/h3-17,20-22H,18-19H2,1-2H3;3-14,16-17H,15H2,1-2H3. The molecule has 0 amide bonds. The molecule has 0 bridgehead atoms. The lowest BCUT2D eigenvalue weighted by atomic mass is 9.81. The smallest absolute Gasteiger partial charge is 0.0159 e. The van der Waals surface area contributed by atoms with E-state index in [1.165, 1.54) is 99.4 Å². The molecular formula is C59H50. The van der Waals surface area contributed by atoms with Crippen LogP contribution in [0.25, 0.3) is 43.8 Å². The van der Waals surface area contributed by atoms with E-state index in [-0.39, 0.29) is 10.8 Å². The van der Waals surface area contributed by atoms with Crippen molar-refractivity contribution in [2.75, 3.05) is 0 Å². The maximum absolute atomic E-state index is 2.45. The summed E-state index contributed by atoms with van der Waals surface area (Å²) >= 11 is 0. The molecule has 0 radical (unpaired) electrons. The van der Waals surface area contributed by atoms with Gasteiger partial charge in [-0.15, -0.1) is 0 Å². The van der Waals surface area contributed by atoms with Gasteiger partial charge in [-0.3, -0.25) is 0 Å². The molecule has 0 heteroatoms. The van der Waals surface area contributed by atoms with Crippen molar-refractivity contribution in [1.29, 1.82) is 0 Å². The minimum Gasteiger partial charge on any atom is -0.0622 e. The van der Waals surface area contributed by atoms with Crippen molar-refractivity contribution in [2.45, 2.75) is 57.8 Å². The highest BCUT2D eigenvalue weighted by Gasteiger charge is 2.36. The molecule has 286 valence electrons. The molecule has 0 spiro atoms. The molecule has 0 saturated carbocycles. The monoisotopic (exact) mass is 758 g/mol. The second-order valence-electron chi connectivity index (χ2n) is 17.8. The van der Waals surface area contributed by atoms with Crippen LogP contribution in [-0.4, -0.2) is 0 Å². The number of fused-ring (bicyclic) bond motifs is 8. The van der Waals surface area contributed by atoms with Gasteiger partial charge in [-0.1, -0.05) is 222 Å². The molecule has 0 fully saturated rings. The Bertz CT molecular complexity index is 3010. The maximum atomic E-state index is 2.45. The average molecular weight is 759 g/mol. The normalized spacial score (nSPS) is 13.9. The van der Waals surface area contributed by atoms with E-state index in [1.807, 2.05) is 0 Å². The zero-order valence-corrected chi connectivity index (χ0v) is 34.6. The average Bonchev–Trinajstić information content (AvgIpc) is 3.62. The first-order valence-electron chi connectivity index (χ1n) is 21.2. The Morgan fingerprint density at radius 1 is 0.254 bits per heavy atom. The topological polar surface area (TPSA) is 0 Å². The van der Waals surface area contributed by atoms with E-state index in [1.54, 1.807) is 0 Å². The molecule has 0 unspecified atom stereocenters. The molecular weight excluding hydrogens is 709 g/mol. The highest BCUT2D eigenvalue weighted by molar-refractivity contribution is 5.85.